The molecule has 0 heterocycles. The zero-order valence-electron chi connectivity index (χ0n) is 13.8. The number of hydrogen-bond donors (Lipinski definition) is 0. The first-order chi connectivity index (χ1) is 11.6. The van der Waals surface area contributed by atoms with Gasteiger partial charge in [0.1, 0.15) is 13.2 Å². The average Bonchev–Trinajstić information content (AvgIpc) is 2.64. The van der Waals surface area contributed by atoms with E-state index in [2.05, 4.69) is 0 Å². The van der Waals surface area contributed by atoms with E-state index in [1.165, 1.54) is 0 Å². The third-order valence-corrected chi connectivity index (χ3v) is 3.65. The summed E-state index contributed by atoms with van der Waals surface area (Å²) < 4.78 is 10.5. The minimum absolute atomic E-state index is 0.203. The molecule has 0 amide bonds. The van der Waals surface area contributed by atoms with Gasteiger partial charge in [0.25, 0.3) is 0 Å². The molecule has 0 aliphatic heterocycles. The van der Waals surface area contributed by atoms with Crippen molar-refractivity contribution >= 4 is 11.9 Å². The Morgan fingerprint density at radius 3 is 1.88 bits per heavy atom. The molecule has 0 saturated heterocycles. The molecule has 1 unspecified atom stereocenters. The standard InChI is InChI=1S/C20H22O4/c1-16(20(22)24-15-18-10-6-3-7-11-18)12-13-19(21)23-14-17-8-4-2-5-9-17/h2-11,16H,12-15H2,1H3. The van der Waals surface area contributed by atoms with Gasteiger partial charge in [-0.25, -0.2) is 0 Å². The SMILES string of the molecule is CC(CCC(=O)OCc1ccccc1)C(=O)OCc1ccccc1. The molecule has 0 aliphatic carbocycles. The normalized spacial score (nSPS) is 11.5. The maximum Gasteiger partial charge on any atom is 0.308 e. The Hall–Kier alpha value is -2.62. The first-order valence-electron chi connectivity index (χ1n) is 8.05. The van der Waals surface area contributed by atoms with Gasteiger partial charge in [-0.15, -0.1) is 0 Å². The van der Waals surface area contributed by atoms with Gasteiger partial charge in [0.2, 0.25) is 0 Å². The minimum Gasteiger partial charge on any atom is -0.461 e. The zero-order valence-corrected chi connectivity index (χ0v) is 13.8. The van der Waals surface area contributed by atoms with Crippen molar-refractivity contribution in [2.45, 2.75) is 33.0 Å². The van der Waals surface area contributed by atoms with Crippen LogP contribution in [-0.4, -0.2) is 11.9 Å². The third kappa shape index (κ3) is 6.24. The summed E-state index contributed by atoms with van der Waals surface area (Å²) in [5, 5.41) is 0. The highest BCUT2D eigenvalue weighted by atomic mass is 16.5. The molecule has 4 heteroatoms. The van der Waals surface area contributed by atoms with E-state index in [1.807, 2.05) is 60.7 Å². The number of hydrogen-bond acceptors (Lipinski definition) is 4. The summed E-state index contributed by atoms with van der Waals surface area (Å²) in [6.45, 7) is 2.27. The lowest BCUT2D eigenvalue weighted by molar-refractivity contribution is -0.150. The van der Waals surface area contributed by atoms with Crippen LogP contribution >= 0.6 is 0 Å². The zero-order chi connectivity index (χ0) is 17.2. The van der Waals surface area contributed by atoms with Crippen molar-refractivity contribution < 1.29 is 19.1 Å². The molecule has 0 bridgehead atoms. The summed E-state index contributed by atoms with van der Waals surface area (Å²) in [4.78, 5) is 23.7. The molecular formula is C20H22O4. The molecule has 4 nitrogen and oxygen atoms in total. The van der Waals surface area contributed by atoms with Gasteiger partial charge in [0.15, 0.2) is 0 Å². The Bertz CT molecular complexity index is 637. The summed E-state index contributed by atoms with van der Waals surface area (Å²) in [6.07, 6.45) is 0.621. The van der Waals surface area contributed by atoms with E-state index in [4.69, 9.17) is 9.47 Å². The van der Waals surface area contributed by atoms with E-state index in [1.54, 1.807) is 6.92 Å². The van der Waals surface area contributed by atoms with Gasteiger partial charge >= 0.3 is 11.9 Å². The second-order valence-electron chi connectivity index (χ2n) is 5.68. The van der Waals surface area contributed by atoms with Crippen molar-refractivity contribution in [1.82, 2.24) is 0 Å². The van der Waals surface area contributed by atoms with Gasteiger partial charge in [-0.05, 0) is 17.5 Å². The molecule has 24 heavy (non-hydrogen) atoms. The van der Waals surface area contributed by atoms with Crippen LogP contribution in [0.4, 0.5) is 0 Å². The molecule has 2 aromatic carbocycles. The van der Waals surface area contributed by atoms with E-state index in [9.17, 15) is 9.59 Å². The summed E-state index contributed by atoms with van der Waals surface area (Å²) in [5.41, 5.74) is 1.89. The van der Waals surface area contributed by atoms with E-state index >= 15 is 0 Å². The maximum absolute atomic E-state index is 11.9. The fraction of sp³-hybridized carbons (Fsp3) is 0.300. The predicted octanol–water partition coefficient (Wildman–Crippen LogP) is 3.89. The average molecular weight is 326 g/mol. The van der Waals surface area contributed by atoms with Crippen LogP contribution in [0.2, 0.25) is 0 Å². The van der Waals surface area contributed by atoms with Crippen molar-refractivity contribution in [3.8, 4) is 0 Å². The van der Waals surface area contributed by atoms with Gasteiger partial charge in [-0.3, -0.25) is 9.59 Å². The highest BCUT2D eigenvalue weighted by molar-refractivity contribution is 5.74. The lowest BCUT2D eigenvalue weighted by atomic mass is 10.1. The quantitative estimate of drug-likeness (QED) is 0.691. The molecule has 0 aliphatic rings. The fourth-order valence-electron chi connectivity index (χ4n) is 2.13. The number of esters is 2. The fourth-order valence-corrected chi connectivity index (χ4v) is 2.13. The lowest BCUT2D eigenvalue weighted by Crippen LogP contribution is -2.16. The smallest absolute Gasteiger partial charge is 0.308 e. The Morgan fingerprint density at radius 1 is 0.833 bits per heavy atom. The molecular weight excluding hydrogens is 304 g/mol. The number of rotatable bonds is 8. The largest absolute Gasteiger partial charge is 0.461 e. The van der Waals surface area contributed by atoms with Crippen LogP contribution in [0, 0.1) is 5.92 Å². The van der Waals surface area contributed by atoms with Crippen LogP contribution in [0.1, 0.15) is 30.9 Å². The van der Waals surface area contributed by atoms with E-state index in [0.29, 0.717) is 6.42 Å². The molecule has 126 valence electrons. The van der Waals surface area contributed by atoms with Crippen molar-refractivity contribution in [3.05, 3.63) is 71.8 Å². The van der Waals surface area contributed by atoms with Crippen molar-refractivity contribution in [2.75, 3.05) is 0 Å². The van der Waals surface area contributed by atoms with Crippen LogP contribution in [0.15, 0.2) is 60.7 Å². The first-order valence-corrected chi connectivity index (χ1v) is 8.05. The lowest BCUT2D eigenvalue weighted by Gasteiger charge is -2.11. The summed E-state index contributed by atoms with van der Waals surface area (Å²) in [6, 6.07) is 19.0. The molecule has 0 saturated carbocycles. The minimum atomic E-state index is -0.335. The van der Waals surface area contributed by atoms with E-state index in [0.717, 1.165) is 11.1 Å². The second-order valence-corrected chi connectivity index (χ2v) is 5.68. The van der Waals surface area contributed by atoms with Crippen molar-refractivity contribution in [2.24, 2.45) is 5.92 Å². The molecule has 0 aromatic heterocycles. The second kappa shape index (κ2) is 9.50. The molecule has 0 N–H and O–H groups in total. The number of ether oxygens (including phenoxy) is 2. The molecule has 0 radical (unpaired) electrons. The third-order valence-electron chi connectivity index (χ3n) is 3.65. The van der Waals surface area contributed by atoms with Crippen LogP contribution in [0.5, 0.6) is 0 Å². The van der Waals surface area contributed by atoms with Gasteiger partial charge in [-0.1, -0.05) is 67.6 Å². The van der Waals surface area contributed by atoms with Gasteiger partial charge in [0.05, 0.1) is 5.92 Å². The number of benzene rings is 2. The number of carbonyl (C=O) groups excluding carboxylic acids is 2. The van der Waals surface area contributed by atoms with Gasteiger partial charge in [0, 0.05) is 6.42 Å². The summed E-state index contributed by atoms with van der Waals surface area (Å²) in [7, 11) is 0. The van der Waals surface area contributed by atoms with Crippen LogP contribution in [0.25, 0.3) is 0 Å². The van der Waals surface area contributed by atoms with Crippen LogP contribution in [0.3, 0.4) is 0 Å². The Kier molecular flexibility index (Phi) is 7.02. The van der Waals surface area contributed by atoms with Crippen molar-refractivity contribution in [3.63, 3.8) is 0 Å². The first kappa shape index (κ1) is 17.7. The van der Waals surface area contributed by atoms with Crippen LogP contribution in [-0.2, 0) is 32.3 Å². The number of carbonyl (C=O) groups is 2. The Balaban J connectivity index is 1.65. The molecule has 2 aromatic rings. The Labute approximate surface area is 142 Å². The summed E-state index contributed by atoms with van der Waals surface area (Å²) in [5.74, 6) is -0.936. The van der Waals surface area contributed by atoms with Crippen LogP contribution < -0.4 is 0 Å². The summed E-state index contributed by atoms with van der Waals surface area (Å²) >= 11 is 0. The monoisotopic (exact) mass is 326 g/mol. The molecule has 2 rings (SSSR count). The highest BCUT2D eigenvalue weighted by Crippen LogP contribution is 2.11. The molecule has 0 fully saturated rings. The van der Waals surface area contributed by atoms with E-state index < -0.39 is 0 Å². The predicted molar refractivity (Wildman–Crippen MR) is 90.9 cm³/mol. The topological polar surface area (TPSA) is 52.6 Å². The maximum atomic E-state index is 11.9. The van der Waals surface area contributed by atoms with Gasteiger partial charge in [-0.2, -0.15) is 0 Å². The van der Waals surface area contributed by atoms with Gasteiger partial charge < -0.3 is 9.47 Å². The van der Waals surface area contributed by atoms with Crippen molar-refractivity contribution in [1.29, 1.82) is 0 Å². The molecule has 1 atom stereocenters. The molecule has 0 spiro atoms. The Morgan fingerprint density at radius 2 is 1.33 bits per heavy atom. The highest BCUT2D eigenvalue weighted by Gasteiger charge is 2.16. The van der Waals surface area contributed by atoms with E-state index in [-0.39, 0.29) is 37.5 Å².